The Hall–Kier alpha value is -2.71. The van der Waals surface area contributed by atoms with E-state index in [4.69, 9.17) is 21.1 Å². The van der Waals surface area contributed by atoms with E-state index in [1.54, 1.807) is 24.3 Å². The standard InChI is InChI=1S/C22H23ClN4O3S/c1-2-27-20(13-15-4-9-18-19(12-15)30-11-3-10-29-18)25-26-22(27)31-14-21(28)24-17-7-5-16(23)6-8-17/h4-9,12H,2-3,10-11,13-14H2,1H3,(H,24,28). The SMILES string of the molecule is CCn1c(Cc2ccc3c(c2)OCCCO3)nnc1SCC(=O)Nc1ccc(Cl)cc1. The average molecular weight is 459 g/mol. The molecule has 3 aromatic rings. The van der Waals surface area contributed by atoms with Crippen LogP contribution in [0.3, 0.4) is 0 Å². The summed E-state index contributed by atoms with van der Waals surface area (Å²) < 4.78 is 13.5. The molecule has 0 saturated heterocycles. The van der Waals surface area contributed by atoms with Gasteiger partial charge in [-0.05, 0) is 48.9 Å². The van der Waals surface area contributed by atoms with Crippen molar-refractivity contribution in [1.29, 1.82) is 0 Å². The quantitative estimate of drug-likeness (QED) is 0.527. The van der Waals surface area contributed by atoms with E-state index in [0.717, 1.165) is 34.5 Å². The molecule has 0 bridgehead atoms. The topological polar surface area (TPSA) is 78.3 Å². The van der Waals surface area contributed by atoms with Crippen molar-refractivity contribution in [2.75, 3.05) is 24.3 Å². The molecule has 1 N–H and O–H groups in total. The molecule has 1 aliphatic rings. The molecule has 0 unspecified atom stereocenters. The average Bonchev–Trinajstić information content (AvgIpc) is 3.00. The Labute approximate surface area is 190 Å². The second-order valence-corrected chi connectivity index (χ2v) is 8.37. The first-order valence-electron chi connectivity index (χ1n) is 10.1. The van der Waals surface area contributed by atoms with Gasteiger partial charge in [0, 0.05) is 30.1 Å². The molecule has 4 rings (SSSR count). The second kappa shape index (κ2) is 10.1. The lowest BCUT2D eigenvalue weighted by Gasteiger charge is -2.10. The molecule has 1 aliphatic heterocycles. The first-order valence-corrected chi connectivity index (χ1v) is 11.5. The first-order chi connectivity index (χ1) is 15.1. The minimum absolute atomic E-state index is 0.109. The molecule has 2 heterocycles. The van der Waals surface area contributed by atoms with Gasteiger partial charge >= 0.3 is 0 Å². The number of amides is 1. The molecule has 0 radical (unpaired) electrons. The fourth-order valence-electron chi connectivity index (χ4n) is 3.23. The van der Waals surface area contributed by atoms with Crippen molar-refractivity contribution < 1.29 is 14.3 Å². The van der Waals surface area contributed by atoms with E-state index in [1.165, 1.54) is 11.8 Å². The van der Waals surface area contributed by atoms with Crippen molar-refractivity contribution in [3.63, 3.8) is 0 Å². The van der Waals surface area contributed by atoms with Gasteiger partial charge in [0.2, 0.25) is 5.91 Å². The van der Waals surface area contributed by atoms with Crippen LogP contribution in [0.2, 0.25) is 5.02 Å². The predicted molar refractivity (Wildman–Crippen MR) is 121 cm³/mol. The van der Waals surface area contributed by atoms with E-state index in [1.807, 2.05) is 29.7 Å². The molecule has 162 valence electrons. The molecule has 0 atom stereocenters. The summed E-state index contributed by atoms with van der Waals surface area (Å²) in [5, 5.41) is 12.9. The highest BCUT2D eigenvalue weighted by Gasteiger charge is 2.16. The van der Waals surface area contributed by atoms with Crippen molar-refractivity contribution in [3.8, 4) is 11.5 Å². The number of aromatic nitrogens is 3. The molecule has 0 spiro atoms. The number of thioether (sulfide) groups is 1. The summed E-state index contributed by atoms with van der Waals surface area (Å²) in [6, 6.07) is 13.0. The number of benzene rings is 2. The molecule has 1 aromatic heterocycles. The third-order valence-corrected chi connectivity index (χ3v) is 5.96. The molecule has 7 nitrogen and oxygen atoms in total. The molecule has 9 heteroatoms. The summed E-state index contributed by atoms with van der Waals surface area (Å²) in [5.74, 6) is 2.53. The Kier molecular flexibility index (Phi) is 6.99. The van der Waals surface area contributed by atoms with Crippen LogP contribution in [0.5, 0.6) is 11.5 Å². The normalized spacial score (nSPS) is 13.0. The Morgan fingerprint density at radius 1 is 1.13 bits per heavy atom. The zero-order chi connectivity index (χ0) is 21.6. The van der Waals surface area contributed by atoms with Crippen LogP contribution in [-0.2, 0) is 17.8 Å². The molecular formula is C22H23ClN4O3S. The van der Waals surface area contributed by atoms with Crippen molar-refractivity contribution in [1.82, 2.24) is 14.8 Å². The zero-order valence-corrected chi connectivity index (χ0v) is 18.7. The van der Waals surface area contributed by atoms with Crippen LogP contribution in [0.1, 0.15) is 24.7 Å². The highest BCUT2D eigenvalue weighted by atomic mass is 35.5. The Balaban J connectivity index is 1.40. The third kappa shape index (κ3) is 5.51. The minimum Gasteiger partial charge on any atom is -0.490 e. The lowest BCUT2D eigenvalue weighted by Crippen LogP contribution is -2.14. The molecule has 31 heavy (non-hydrogen) atoms. The Morgan fingerprint density at radius 3 is 2.68 bits per heavy atom. The van der Waals surface area contributed by atoms with Crippen LogP contribution in [0.15, 0.2) is 47.6 Å². The maximum absolute atomic E-state index is 12.3. The number of carbonyl (C=O) groups excluding carboxylic acids is 1. The summed E-state index contributed by atoms with van der Waals surface area (Å²) in [7, 11) is 0. The summed E-state index contributed by atoms with van der Waals surface area (Å²) in [4.78, 5) is 12.3. The number of halogens is 1. The van der Waals surface area contributed by atoms with Crippen molar-refractivity contribution in [2.24, 2.45) is 0 Å². The van der Waals surface area contributed by atoms with Gasteiger partial charge in [-0.3, -0.25) is 4.79 Å². The number of anilines is 1. The molecule has 0 saturated carbocycles. The smallest absolute Gasteiger partial charge is 0.234 e. The summed E-state index contributed by atoms with van der Waals surface area (Å²) in [6.07, 6.45) is 1.50. The lowest BCUT2D eigenvalue weighted by atomic mass is 10.1. The van der Waals surface area contributed by atoms with Gasteiger partial charge in [-0.15, -0.1) is 10.2 Å². The van der Waals surface area contributed by atoms with Crippen molar-refractivity contribution in [2.45, 2.75) is 31.5 Å². The fourth-order valence-corrected chi connectivity index (χ4v) is 4.18. The van der Waals surface area contributed by atoms with Crippen molar-refractivity contribution in [3.05, 3.63) is 58.9 Å². The number of nitrogens with one attached hydrogen (secondary N) is 1. The first kappa shape index (κ1) is 21.5. The van der Waals surface area contributed by atoms with Crippen LogP contribution >= 0.6 is 23.4 Å². The van der Waals surface area contributed by atoms with Gasteiger partial charge in [0.25, 0.3) is 0 Å². The van der Waals surface area contributed by atoms with Gasteiger partial charge in [0.15, 0.2) is 16.7 Å². The molecule has 0 aliphatic carbocycles. The number of fused-ring (bicyclic) bond motifs is 1. The third-order valence-electron chi connectivity index (χ3n) is 4.74. The highest BCUT2D eigenvalue weighted by Crippen LogP contribution is 2.31. The number of carbonyl (C=O) groups is 1. The van der Waals surface area contributed by atoms with Gasteiger partial charge in [-0.1, -0.05) is 29.4 Å². The van der Waals surface area contributed by atoms with Crippen LogP contribution in [0.4, 0.5) is 5.69 Å². The predicted octanol–water partition coefficient (Wildman–Crippen LogP) is 4.43. The Bertz CT molecular complexity index is 1060. The van der Waals surface area contributed by atoms with Gasteiger partial charge < -0.3 is 19.4 Å². The molecule has 1 amide bonds. The summed E-state index contributed by atoms with van der Waals surface area (Å²) in [6.45, 7) is 4.08. The molecule has 2 aromatic carbocycles. The molecular weight excluding hydrogens is 436 g/mol. The lowest BCUT2D eigenvalue weighted by molar-refractivity contribution is -0.113. The molecule has 0 fully saturated rings. The second-order valence-electron chi connectivity index (χ2n) is 7.00. The number of hydrogen-bond acceptors (Lipinski definition) is 6. The van der Waals surface area contributed by atoms with Crippen LogP contribution in [-0.4, -0.2) is 39.6 Å². The van der Waals surface area contributed by atoms with Crippen molar-refractivity contribution >= 4 is 35.0 Å². The zero-order valence-electron chi connectivity index (χ0n) is 17.1. The van der Waals surface area contributed by atoms with E-state index in [2.05, 4.69) is 15.5 Å². The summed E-state index contributed by atoms with van der Waals surface area (Å²) >= 11 is 7.24. The Morgan fingerprint density at radius 2 is 1.90 bits per heavy atom. The number of hydrogen-bond donors (Lipinski definition) is 1. The maximum atomic E-state index is 12.3. The van der Waals surface area contributed by atoms with E-state index in [9.17, 15) is 4.79 Å². The summed E-state index contributed by atoms with van der Waals surface area (Å²) in [5.41, 5.74) is 1.78. The monoisotopic (exact) mass is 458 g/mol. The number of nitrogens with zero attached hydrogens (tertiary/aromatic N) is 3. The van der Waals surface area contributed by atoms with Gasteiger partial charge in [-0.25, -0.2) is 0 Å². The van der Waals surface area contributed by atoms with E-state index < -0.39 is 0 Å². The van der Waals surface area contributed by atoms with Crippen LogP contribution in [0, 0.1) is 0 Å². The highest BCUT2D eigenvalue weighted by molar-refractivity contribution is 7.99. The number of rotatable bonds is 7. The minimum atomic E-state index is -0.109. The van der Waals surface area contributed by atoms with Gasteiger partial charge in [0.05, 0.1) is 19.0 Å². The fraction of sp³-hybridized carbons (Fsp3) is 0.318. The van der Waals surface area contributed by atoms with E-state index in [-0.39, 0.29) is 11.7 Å². The van der Waals surface area contributed by atoms with Crippen LogP contribution < -0.4 is 14.8 Å². The van der Waals surface area contributed by atoms with Crippen LogP contribution in [0.25, 0.3) is 0 Å². The largest absolute Gasteiger partial charge is 0.490 e. The number of ether oxygens (including phenoxy) is 2. The van der Waals surface area contributed by atoms with Gasteiger partial charge in [-0.2, -0.15) is 0 Å². The maximum Gasteiger partial charge on any atom is 0.234 e. The van der Waals surface area contributed by atoms with E-state index >= 15 is 0 Å². The van der Waals surface area contributed by atoms with Gasteiger partial charge in [0.1, 0.15) is 5.82 Å². The van der Waals surface area contributed by atoms with E-state index in [0.29, 0.717) is 36.9 Å².